The number of rotatable bonds is 4. The highest BCUT2D eigenvalue weighted by molar-refractivity contribution is 5.89. The Morgan fingerprint density at radius 2 is 1.62 bits per heavy atom. The van der Waals surface area contributed by atoms with Gasteiger partial charge >= 0.3 is 5.97 Å². The van der Waals surface area contributed by atoms with Gasteiger partial charge in [-0.15, -0.1) is 0 Å². The number of carboxylic acid groups (broad SMARTS) is 1. The lowest BCUT2D eigenvalue weighted by Gasteiger charge is -2.39. The van der Waals surface area contributed by atoms with Crippen molar-refractivity contribution in [1.82, 2.24) is 0 Å². The third-order valence-corrected chi connectivity index (χ3v) is 6.66. The Labute approximate surface area is 168 Å². The van der Waals surface area contributed by atoms with Gasteiger partial charge < -0.3 is 5.11 Å². The molecule has 5 heteroatoms. The normalized spacial score (nSPS) is 18.6. The number of carbonyl (C=O) groups is 1. The molecule has 2 aliphatic rings. The lowest BCUT2D eigenvalue weighted by molar-refractivity contribution is 0.0697. The summed E-state index contributed by atoms with van der Waals surface area (Å²) in [5.74, 6) is -1.68. The van der Waals surface area contributed by atoms with Crippen LogP contribution in [0.5, 0.6) is 0 Å². The van der Waals surface area contributed by atoms with Crippen LogP contribution < -0.4 is 0 Å². The predicted molar refractivity (Wildman–Crippen MR) is 106 cm³/mol. The van der Waals surface area contributed by atoms with E-state index in [0.29, 0.717) is 16.7 Å². The summed E-state index contributed by atoms with van der Waals surface area (Å²) in [5.41, 5.74) is 0.815. The van der Waals surface area contributed by atoms with Crippen LogP contribution in [0.3, 0.4) is 0 Å². The van der Waals surface area contributed by atoms with Crippen LogP contribution in [-0.2, 0) is 10.8 Å². The van der Waals surface area contributed by atoms with Crippen molar-refractivity contribution in [1.29, 1.82) is 0 Å². The first-order chi connectivity index (χ1) is 13.6. The lowest BCUT2D eigenvalue weighted by Crippen LogP contribution is -2.32. The highest BCUT2D eigenvalue weighted by Gasteiger charge is 2.53. The fourth-order valence-corrected chi connectivity index (χ4v) is 4.62. The van der Waals surface area contributed by atoms with Gasteiger partial charge in [-0.2, -0.15) is 0 Å². The maximum atomic E-state index is 15.9. The molecule has 0 unspecified atom stereocenters. The van der Waals surface area contributed by atoms with E-state index in [1.165, 1.54) is 30.3 Å². The largest absolute Gasteiger partial charge is 0.478 e. The summed E-state index contributed by atoms with van der Waals surface area (Å²) >= 11 is 0. The smallest absolute Gasteiger partial charge is 0.335 e. The molecule has 2 aromatic rings. The molecular formula is C24H23F3O2. The van der Waals surface area contributed by atoms with Crippen molar-refractivity contribution in [2.75, 3.05) is 0 Å². The van der Waals surface area contributed by atoms with Gasteiger partial charge in [0.05, 0.1) is 5.56 Å². The zero-order chi connectivity index (χ0) is 21.1. The molecule has 4 rings (SSSR count). The second-order valence-electron chi connectivity index (χ2n) is 8.90. The predicted octanol–water partition coefficient (Wildman–Crippen LogP) is 6.63. The summed E-state index contributed by atoms with van der Waals surface area (Å²) in [7, 11) is 0. The number of alkyl halides is 2. The van der Waals surface area contributed by atoms with Gasteiger partial charge in [0, 0.05) is 11.1 Å². The van der Waals surface area contributed by atoms with Crippen molar-refractivity contribution in [3.8, 4) is 0 Å². The van der Waals surface area contributed by atoms with Crippen molar-refractivity contribution < 1.29 is 23.1 Å². The molecule has 2 aromatic carbocycles. The zero-order valence-corrected chi connectivity index (χ0v) is 16.5. The van der Waals surface area contributed by atoms with E-state index in [4.69, 9.17) is 5.11 Å². The zero-order valence-electron chi connectivity index (χ0n) is 16.5. The monoisotopic (exact) mass is 400 g/mol. The molecule has 1 spiro atoms. The first-order valence-electron chi connectivity index (χ1n) is 9.76. The van der Waals surface area contributed by atoms with E-state index in [1.54, 1.807) is 0 Å². The van der Waals surface area contributed by atoms with Crippen LogP contribution in [0.25, 0.3) is 5.57 Å². The van der Waals surface area contributed by atoms with E-state index in [0.717, 1.165) is 25.7 Å². The second-order valence-corrected chi connectivity index (χ2v) is 8.90. The van der Waals surface area contributed by atoms with Crippen molar-refractivity contribution in [2.24, 2.45) is 0 Å². The second kappa shape index (κ2) is 6.48. The average Bonchev–Trinajstić information content (AvgIpc) is 3.44. The minimum absolute atomic E-state index is 0.0697. The van der Waals surface area contributed by atoms with Crippen molar-refractivity contribution in [3.63, 3.8) is 0 Å². The standard InChI is InChI=1S/C24H23F3O2/c1-13(14-4-6-15(7-5-14)22(28)29)18-16(21(26)27)12-17-19(20(18)25)24(10-11-24)9-8-23(17,2)3/h4-7,12,21H,1,8-11H2,2-3H3,(H,28,29). The van der Waals surface area contributed by atoms with Crippen LogP contribution in [0.2, 0.25) is 0 Å². The Hall–Kier alpha value is -2.56. The molecule has 0 atom stereocenters. The Bertz CT molecular complexity index is 1020. The SMILES string of the molecule is C=C(c1ccc(C(=O)O)cc1)c1c(C(F)F)cc2c(c1F)C1(CCC2(C)C)CC1. The third-order valence-electron chi connectivity index (χ3n) is 6.66. The number of hydrogen-bond acceptors (Lipinski definition) is 1. The fraction of sp³-hybridized carbons (Fsp3) is 0.375. The minimum Gasteiger partial charge on any atom is -0.478 e. The summed E-state index contributed by atoms with van der Waals surface area (Å²) in [4.78, 5) is 11.1. The van der Waals surface area contributed by atoms with Gasteiger partial charge in [-0.25, -0.2) is 18.0 Å². The van der Waals surface area contributed by atoms with E-state index in [2.05, 4.69) is 6.58 Å². The topological polar surface area (TPSA) is 37.3 Å². The average molecular weight is 400 g/mol. The van der Waals surface area contributed by atoms with E-state index in [9.17, 15) is 13.6 Å². The minimum atomic E-state index is -2.84. The Balaban J connectivity index is 1.91. The highest BCUT2D eigenvalue weighted by Crippen LogP contribution is 2.61. The molecule has 0 amide bonds. The molecule has 2 aliphatic carbocycles. The van der Waals surface area contributed by atoms with Crippen molar-refractivity contribution in [2.45, 2.75) is 56.8 Å². The Morgan fingerprint density at radius 1 is 1.07 bits per heavy atom. The van der Waals surface area contributed by atoms with Gasteiger partial charge in [-0.3, -0.25) is 0 Å². The quantitative estimate of drug-likeness (QED) is 0.626. The Kier molecular flexibility index (Phi) is 4.41. The molecule has 152 valence electrons. The van der Waals surface area contributed by atoms with E-state index in [1.807, 2.05) is 13.8 Å². The van der Waals surface area contributed by atoms with Crippen LogP contribution in [0.1, 0.15) is 84.1 Å². The summed E-state index contributed by atoms with van der Waals surface area (Å²) in [6, 6.07) is 7.18. The number of halogens is 3. The number of carboxylic acids is 1. The molecule has 1 N–H and O–H groups in total. The van der Waals surface area contributed by atoms with Crippen LogP contribution >= 0.6 is 0 Å². The van der Waals surface area contributed by atoms with Crippen molar-refractivity contribution in [3.05, 3.63) is 76.1 Å². The van der Waals surface area contributed by atoms with E-state index in [-0.39, 0.29) is 33.1 Å². The van der Waals surface area contributed by atoms with Gasteiger partial charge in [-0.05, 0) is 77.0 Å². The maximum absolute atomic E-state index is 15.9. The van der Waals surface area contributed by atoms with Gasteiger partial charge in [0.2, 0.25) is 0 Å². The molecule has 0 aliphatic heterocycles. The first kappa shape index (κ1) is 19.7. The molecule has 1 saturated carbocycles. The Morgan fingerprint density at radius 3 is 2.14 bits per heavy atom. The molecule has 1 fully saturated rings. The van der Waals surface area contributed by atoms with Crippen LogP contribution in [0, 0.1) is 5.82 Å². The third kappa shape index (κ3) is 3.07. The van der Waals surface area contributed by atoms with Gasteiger partial charge in [0.25, 0.3) is 6.43 Å². The first-order valence-corrected chi connectivity index (χ1v) is 9.76. The molecule has 0 bridgehead atoms. The molecule has 0 aromatic heterocycles. The summed E-state index contributed by atoms with van der Waals surface area (Å²) in [6.07, 6.45) is 0.615. The lowest BCUT2D eigenvalue weighted by atomic mass is 9.65. The molecular weight excluding hydrogens is 377 g/mol. The molecule has 2 nitrogen and oxygen atoms in total. The van der Waals surface area contributed by atoms with Crippen LogP contribution in [0.4, 0.5) is 13.2 Å². The summed E-state index contributed by atoms with van der Waals surface area (Å²) < 4.78 is 43.9. The summed E-state index contributed by atoms with van der Waals surface area (Å²) in [6.45, 7) is 7.87. The number of fused-ring (bicyclic) bond motifs is 2. The van der Waals surface area contributed by atoms with Gasteiger partial charge in [0.1, 0.15) is 5.82 Å². The van der Waals surface area contributed by atoms with E-state index < -0.39 is 18.2 Å². The molecule has 0 radical (unpaired) electrons. The fourth-order valence-electron chi connectivity index (χ4n) is 4.62. The maximum Gasteiger partial charge on any atom is 0.335 e. The summed E-state index contributed by atoms with van der Waals surface area (Å²) in [5, 5.41) is 9.06. The molecule has 29 heavy (non-hydrogen) atoms. The molecule has 0 heterocycles. The van der Waals surface area contributed by atoms with Crippen LogP contribution in [-0.4, -0.2) is 11.1 Å². The number of benzene rings is 2. The number of aromatic carboxylic acids is 1. The van der Waals surface area contributed by atoms with E-state index >= 15 is 4.39 Å². The van der Waals surface area contributed by atoms with Crippen molar-refractivity contribution >= 4 is 11.5 Å². The molecule has 0 saturated heterocycles. The van der Waals surface area contributed by atoms with Gasteiger partial charge in [0.15, 0.2) is 0 Å². The van der Waals surface area contributed by atoms with Gasteiger partial charge in [-0.1, -0.05) is 32.6 Å². The number of hydrogen-bond donors (Lipinski definition) is 1. The highest BCUT2D eigenvalue weighted by atomic mass is 19.3. The van der Waals surface area contributed by atoms with Crippen LogP contribution in [0.15, 0.2) is 36.9 Å².